The van der Waals surface area contributed by atoms with Crippen LogP contribution in [-0.2, 0) is 4.79 Å². The summed E-state index contributed by atoms with van der Waals surface area (Å²) in [4.78, 5) is 20.4. The number of rotatable bonds is 4. The van der Waals surface area contributed by atoms with Crippen LogP contribution in [0.1, 0.15) is 5.56 Å². The van der Waals surface area contributed by atoms with Gasteiger partial charge in [0.1, 0.15) is 0 Å². The third-order valence-electron chi connectivity index (χ3n) is 1.69. The molecule has 7 nitrogen and oxygen atoms in total. The molecule has 0 spiro atoms. The molecule has 0 aliphatic carbocycles. The fraction of sp³-hybridized carbons (Fsp3) is 0.111. The molecule has 0 aliphatic rings. The predicted molar refractivity (Wildman–Crippen MR) is 63.7 cm³/mol. The fourth-order valence-corrected chi connectivity index (χ4v) is 1.82. The first-order valence-corrected chi connectivity index (χ1v) is 5.26. The monoisotopic (exact) mass is 348 g/mol. The Kier molecular flexibility index (Phi) is 4.22. The summed E-state index contributed by atoms with van der Waals surface area (Å²) in [5.74, 6) is -1.38. The number of nitro benzene ring substituents is 1. The van der Waals surface area contributed by atoms with Crippen LogP contribution in [0.3, 0.4) is 0 Å². The van der Waals surface area contributed by atoms with Crippen molar-refractivity contribution in [3.05, 3.63) is 31.4 Å². The van der Waals surface area contributed by atoms with Crippen molar-refractivity contribution >= 4 is 34.2 Å². The molecule has 0 heterocycles. The highest BCUT2D eigenvalue weighted by Gasteiger charge is 2.21. The molecular formula is C9H5IN2O5. The molecule has 0 aliphatic heterocycles. The van der Waals surface area contributed by atoms with E-state index < -0.39 is 23.2 Å². The number of hydrogen-bond acceptors (Lipinski definition) is 5. The van der Waals surface area contributed by atoms with Crippen LogP contribution in [0.2, 0.25) is 0 Å². The quantitative estimate of drug-likeness (QED) is 0.502. The minimum absolute atomic E-state index is 0.115. The maximum Gasteiger partial charge on any atom is 0.341 e. The summed E-state index contributed by atoms with van der Waals surface area (Å²) >= 11 is 1.74. The van der Waals surface area contributed by atoms with Gasteiger partial charge < -0.3 is 9.84 Å². The number of carbonyl (C=O) groups is 1. The first kappa shape index (κ1) is 13.2. The molecule has 0 radical (unpaired) electrons. The highest BCUT2D eigenvalue weighted by Crippen LogP contribution is 2.33. The predicted octanol–water partition coefficient (Wildman–Crippen LogP) is 1.53. The van der Waals surface area contributed by atoms with Crippen LogP contribution in [0.5, 0.6) is 5.75 Å². The first-order valence-electron chi connectivity index (χ1n) is 4.18. The molecular weight excluding hydrogens is 343 g/mol. The van der Waals surface area contributed by atoms with Gasteiger partial charge in [0.05, 0.1) is 20.1 Å². The molecule has 0 atom stereocenters. The van der Waals surface area contributed by atoms with E-state index in [1.165, 1.54) is 6.07 Å². The zero-order valence-electron chi connectivity index (χ0n) is 8.21. The van der Waals surface area contributed by atoms with E-state index >= 15 is 0 Å². The molecule has 0 aromatic heterocycles. The van der Waals surface area contributed by atoms with Gasteiger partial charge >= 0.3 is 11.7 Å². The molecule has 17 heavy (non-hydrogen) atoms. The number of aliphatic carboxylic acids is 1. The Morgan fingerprint density at radius 3 is 2.76 bits per heavy atom. The maximum atomic E-state index is 10.8. The van der Waals surface area contributed by atoms with Crippen LogP contribution in [0.15, 0.2) is 12.1 Å². The van der Waals surface area contributed by atoms with E-state index in [1.807, 2.05) is 0 Å². The highest BCUT2D eigenvalue weighted by molar-refractivity contribution is 14.1. The third-order valence-corrected chi connectivity index (χ3v) is 2.49. The lowest BCUT2D eigenvalue weighted by Crippen LogP contribution is -2.11. The van der Waals surface area contributed by atoms with Gasteiger partial charge in [-0.05, 0) is 28.7 Å². The van der Waals surface area contributed by atoms with Crippen molar-refractivity contribution in [1.82, 2.24) is 0 Å². The summed E-state index contributed by atoms with van der Waals surface area (Å²) in [6, 6.07) is 4.19. The van der Waals surface area contributed by atoms with Gasteiger partial charge in [0.25, 0.3) is 0 Å². The topological polar surface area (TPSA) is 113 Å². The minimum Gasteiger partial charge on any atom is -0.479 e. The van der Waals surface area contributed by atoms with Gasteiger partial charge in [-0.15, -0.1) is 0 Å². The van der Waals surface area contributed by atoms with E-state index in [9.17, 15) is 14.9 Å². The molecule has 0 bridgehead atoms. The fourth-order valence-electron chi connectivity index (χ4n) is 1.06. The van der Waals surface area contributed by atoms with Crippen LogP contribution < -0.4 is 4.74 Å². The second-order valence-electron chi connectivity index (χ2n) is 2.86. The lowest BCUT2D eigenvalue weighted by Gasteiger charge is -2.06. The molecule has 0 fully saturated rings. The van der Waals surface area contributed by atoms with Crippen molar-refractivity contribution in [2.45, 2.75) is 0 Å². The van der Waals surface area contributed by atoms with Gasteiger partial charge in [-0.2, -0.15) is 5.26 Å². The number of carboxylic acid groups (broad SMARTS) is 1. The van der Waals surface area contributed by atoms with E-state index in [1.54, 1.807) is 28.7 Å². The standard InChI is InChI=1S/C9H5IN2O5/c10-6-1-5(3-11)2-7(12(15)16)9(6)17-4-8(13)14/h1-2H,4H2,(H,13,14). The maximum absolute atomic E-state index is 10.8. The van der Waals surface area contributed by atoms with E-state index in [0.29, 0.717) is 3.57 Å². The number of halogens is 1. The largest absolute Gasteiger partial charge is 0.479 e. The van der Waals surface area contributed by atoms with Crippen molar-refractivity contribution in [3.63, 3.8) is 0 Å². The number of nitro groups is 1. The molecule has 1 aromatic rings. The molecule has 1 N–H and O–H groups in total. The van der Waals surface area contributed by atoms with Crippen molar-refractivity contribution in [3.8, 4) is 11.8 Å². The van der Waals surface area contributed by atoms with Crippen LogP contribution >= 0.6 is 22.6 Å². The van der Waals surface area contributed by atoms with E-state index in [2.05, 4.69) is 0 Å². The molecule has 0 saturated heterocycles. The first-order chi connectivity index (χ1) is 7.95. The average molecular weight is 348 g/mol. The Morgan fingerprint density at radius 2 is 2.29 bits per heavy atom. The van der Waals surface area contributed by atoms with Crippen LogP contribution in [0, 0.1) is 25.0 Å². The van der Waals surface area contributed by atoms with Crippen molar-refractivity contribution < 1.29 is 19.6 Å². The minimum atomic E-state index is -1.24. The Hall–Kier alpha value is -1.89. The number of nitrogens with zero attached hydrogens (tertiary/aromatic N) is 2. The summed E-state index contributed by atoms with van der Waals surface area (Å²) in [5.41, 5.74) is -0.307. The zero-order valence-corrected chi connectivity index (χ0v) is 10.4. The molecule has 0 unspecified atom stereocenters. The molecule has 88 valence electrons. The molecule has 1 rings (SSSR count). The number of carboxylic acids is 1. The molecule has 0 saturated carbocycles. The smallest absolute Gasteiger partial charge is 0.341 e. The van der Waals surface area contributed by atoms with E-state index in [0.717, 1.165) is 6.07 Å². The summed E-state index contributed by atoms with van der Waals surface area (Å²) in [7, 11) is 0. The average Bonchev–Trinajstić information content (AvgIpc) is 2.25. The van der Waals surface area contributed by atoms with Gasteiger partial charge in [0, 0.05) is 6.07 Å². The third kappa shape index (κ3) is 3.28. The Labute approximate surface area is 109 Å². The Bertz CT molecular complexity index is 523. The zero-order chi connectivity index (χ0) is 13.0. The lowest BCUT2D eigenvalue weighted by atomic mass is 10.2. The van der Waals surface area contributed by atoms with Gasteiger partial charge in [-0.3, -0.25) is 10.1 Å². The Balaban J connectivity index is 3.23. The number of ether oxygens (including phenoxy) is 1. The number of benzene rings is 1. The van der Waals surface area contributed by atoms with Crippen molar-refractivity contribution in [1.29, 1.82) is 5.26 Å². The molecule has 1 aromatic carbocycles. The second-order valence-corrected chi connectivity index (χ2v) is 4.02. The summed E-state index contributed by atoms with van der Waals surface area (Å²) in [6.45, 7) is -0.678. The van der Waals surface area contributed by atoms with Gasteiger partial charge in [0.2, 0.25) is 5.75 Å². The van der Waals surface area contributed by atoms with Gasteiger partial charge in [-0.25, -0.2) is 4.79 Å². The van der Waals surface area contributed by atoms with Crippen LogP contribution in [0.4, 0.5) is 5.69 Å². The number of hydrogen-bond donors (Lipinski definition) is 1. The van der Waals surface area contributed by atoms with Crippen molar-refractivity contribution in [2.24, 2.45) is 0 Å². The van der Waals surface area contributed by atoms with Crippen LogP contribution in [0.25, 0.3) is 0 Å². The molecule has 8 heteroatoms. The molecule has 0 amide bonds. The van der Waals surface area contributed by atoms with E-state index in [-0.39, 0.29) is 11.3 Å². The summed E-state index contributed by atoms with van der Waals surface area (Å²) < 4.78 is 5.15. The van der Waals surface area contributed by atoms with Gasteiger partial charge in [0.15, 0.2) is 6.61 Å². The second kappa shape index (κ2) is 5.44. The van der Waals surface area contributed by atoms with Gasteiger partial charge in [-0.1, -0.05) is 0 Å². The van der Waals surface area contributed by atoms with E-state index in [4.69, 9.17) is 15.1 Å². The highest BCUT2D eigenvalue weighted by atomic mass is 127. The SMILES string of the molecule is N#Cc1cc(I)c(OCC(=O)O)c([N+](=O)[O-])c1. The Morgan fingerprint density at radius 1 is 1.65 bits per heavy atom. The van der Waals surface area contributed by atoms with Crippen LogP contribution in [-0.4, -0.2) is 22.6 Å². The summed E-state index contributed by atoms with van der Waals surface area (Å²) in [5, 5.41) is 27.9. The lowest BCUT2D eigenvalue weighted by molar-refractivity contribution is -0.385. The summed E-state index contributed by atoms with van der Waals surface area (Å²) in [6.07, 6.45) is 0. The number of nitriles is 1. The van der Waals surface area contributed by atoms with Crippen molar-refractivity contribution in [2.75, 3.05) is 6.61 Å². The normalized spacial score (nSPS) is 9.41.